The van der Waals surface area contributed by atoms with Gasteiger partial charge in [0.05, 0.1) is 17.0 Å². The Morgan fingerprint density at radius 2 is 1.74 bits per heavy atom. The zero-order valence-electron chi connectivity index (χ0n) is 15.8. The van der Waals surface area contributed by atoms with E-state index in [2.05, 4.69) is 39.4 Å². The normalized spacial score (nSPS) is 16.7. The minimum absolute atomic E-state index is 0.144. The van der Waals surface area contributed by atoms with Gasteiger partial charge < -0.3 is 0 Å². The van der Waals surface area contributed by atoms with Crippen molar-refractivity contribution in [1.29, 1.82) is 0 Å². The number of rotatable bonds is 3. The first kappa shape index (κ1) is 17.3. The summed E-state index contributed by atoms with van der Waals surface area (Å²) < 4.78 is 1.76. The van der Waals surface area contributed by atoms with Gasteiger partial charge in [0.1, 0.15) is 0 Å². The maximum atomic E-state index is 12.8. The standard InChI is InChI=1S/C22H22N4O/c1-14-11-15(2)24-22(23-14)26-19-12-18(10-9-17-7-5-4-6-8-17)13-20(27)21(19)16(3)25-26/h4-11,18H,12-13H2,1-3H3. The average molecular weight is 358 g/mol. The number of ketones is 1. The van der Waals surface area contributed by atoms with Crippen LogP contribution in [0.15, 0.2) is 42.5 Å². The van der Waals surface area contributed by atoms with Crippen LogP contribution in [0.4, 0.5) is 0 Å². The van der Waals surface area contributed by atoms with Gasteiger partial charge in [-0.1, -0.05) is 42.5 Å². The molecule has 3 aromatic rings. The Balaban J connectivity index is 1.71. The molecular weight excluding hydrogens is 336 g/mol. The van der Waals surface area contributed by atoms with E-state index in [1.807, 2.05) is 45.0 Å². The second-order valence-electron chi connectivity index (χ2n) is 7.13. The van der Waals surface area contributed by atoms with E-state index in [0.29, 0.717) is 12.4 Å². The summed E-state index contributed by atoms with van der Waals surface area (Å²) in [6.07, 6.45) is 5.48. The Hall–Kier alpha value is -3.08. The van der Waals surface area contributed by atoms with E-state index in [4.69, 9.17) is 0 Å². The van der Waals surface area contributed by atoms with Gasteiger partial charge in [-0.3, -0.25) is 4.79 Å². The lowest BCUT2D eigenvalue weighted by Crippen LogP contribution is -2.21. The van der Waals surface area contributed by atoms with Gasteiger partial charge in [0, 0.05) is 17.8 Å². The van der Waals surface area contributed by atoms with Crippen LogP contribution in [-0.4, -0.2) is 25.5 Å². The van der Waals surface area contributed by atoms with Crippen LogP contribution >= 0.6 is 0 Å². The minimum Gasteiger partial charge on any atom is -0.294 e. The van der Waals surface area contributed by atoms with Gasteiger partial charge in [-0.25, -0.2) is 14.6 Å². The van der Waals surface area contributed by atoms with Crippen LogP contribution in [0.2, 0.25) is 0 Å². The first-order chi connectivity index (χ1) is 13.0. The molecule has 5 nitrogen and oxygen atoms in total. The monoisotopic (exact) mass is 358 g/mol. The van der Waals surface area contributed by atoms with Crippen molar-refractivity contribution in [3.63, 3.8) is 0 Å². The molecule has 0 fully saturated rings. The molecule has 5 heteroatoms. The Bertz CT molecular complexity index is 1010. The topological polar surface area (TPSA) is 60.7 Å². The highest BCUT2D eigenvalue weighted by molar-refractivity contribution is 5.99. The van der Waals surface area contributed by atoms with E-state index in [9.17, 15) is 4.79 Å². The summed E-state index contributed by atoms with van der Waals surface area (Å²) in [5.41, 5.74) is 5.32. The zero-order valence-corrected chi connectivity index (χ0v) is 15.8. The fraction of sp³-hybridized carbons (Fsp3) is 0.273. The predicted octanol–water partition coefficient (Wildman–Crippen LogP) is 4.05. The number of aryl methyl sites for hydroxylation is 3. The summed E-state index contributed by atoms with van der Waals surface area (Å²) >= 11 is 0. The number of hydrogen-bond acceptors (Lipinski definition) is 4. The second-order valence-corrected chi connectivity index (χ2v) is 7.13. The van der Waals surface area contributed by atoms with Crippen molar-refractivity contribution in [1.82, 2.24) is 19.7 Å². The molecule has 136 valence electrons. The van der Waals surface area contributed by atoms with Gasteiger partial charge in [0.25, 0.3) is 5.95 Å². The number of benzene rings is 1. The minimum atomic E-state index is 0.144. The molecule has 0 spiro atoms. The molecule has 1 unspecified atom stereocenters. The summed E-state index contributed by atoms with van der Waals surface area (Å²) in [5.74, 6) is 0.829. The van der Waals surface area contributed by atoms with E-state index < -0.39 is 0 Å². The van der Waals surface area contributed by atoms with Gasteiger partial charge in [0.15, 0.2) is 5.78 Å². The highest BCUT2D eigenvalue weighted by atomic mass is 16.1. The van der Waals surface area contributed by atoms with Crippen LogP contribution in [0, 0.1) is 26.7 Å². The van der Waals surface area contributed by atoms with E-state index in [1.165, 1.54) is 0 Å². The highest BCUT2D eigenvalue weighted by Gasteiger charge is 2.31. The number of allylic oxidation sites excluding steroid dienone is 1. The Kier molecular flexibility index (Phi) is 4.44. The predicted molar refractivity (Wildman–Crippen MR) is 105 cm³/mol. The van der Waals surface area contributed by atoms with Crippen molar-refractivity contribution in [2.45, 2.75) is 33.6 Å². The smallest absolute Gasteiger partial charge is 0.251 e. The molecule has 2 aromatic heterocycles. The highest BCUT2D eigenvalue weighted by Crippen LogP contribution is 2.30. The summed E-state index contributed by atoms with van der Waals surface area (Å²) in [6, 6.07) is 12.1. The molecule has 2 heterocycles. The molecule has 0 radical (unpaired) electrons. The molecule has 0 aliphatic heterocycles. The van der Waals surface area contributed by atoms with Crippen LogP contribution in [0.3, 0.4) is 0 Å². The molecule has 1 aliphatic carbocycles. The molecule has 27 heavy (non-hydrogen) atoms. The van der Waals surface area contributed by atoms with Gasteiger partial charge >= 0.3 is 0 Å². The molecule has 1 aromatic carbocycles. The zero-order chi connectivity index (χ0) is 19.0. The molecule has 1 atom stereocenters. The fourth-order valence-electron chi connectivity index (χ4n) is 3.70. The molecular formula is C22H22N4O. The third kappa shape index (κ3) is 3.45. The third-order valence-electron chi connectivity index (χ3n) is 4.86. The van der Waals surface area contributed by atoms with E-state index in [-0.39, 0.29) is 11.7 Å². The lowest BCUT2D eigenvalue weighted by atomic mass is 9.85. The second kappa shape index (κ2) is 6.91. The summed E-state index contributed by atoms with van der Waals surface area (Å²) in [6.45, 7) is 5.77. The van der Waals surface area contributed by atoms with Gasteiger partial charge in [0.2, 0.25) is 0 Å². The third-order valence-corrected chi connectivity index (χ3v) is 4.86. The van der Waals surface area contributed by atoms with Crippen LogP contribution < -0.4 is 0 Å². The van der Waals surface area contributed by atoms with Crippen LogP contribution in [0.5, 0.6) is 0 Å². The van der Waals surface area contributed by atoms with Crippen molar-refractivity contribution in [2.75, 3.05) is 0 Å². The first-order valence-electron chi connectivity index (χ1n) is 9.19. The number of nitrogens with zero attached hydrogens (tertiary/aromatic N) is 4. The molecule has 1 aliphatic rings. The van der Waals surface area contributed by atoms with E-state index in [1.54, 1.807) is 4.68 Å². The van der Waals surface area contributed by atoms with Gasteiger partial charge in [-0.15, -0.1) is 0 Å². The molecule has 0 bridgehead atoms. The SMILES string of the molecule is Cc1cc(C)nc(-n2nc(C)c3c2CC(C=Cc2ccccc2)CC3=O)n1. The summed E-state index contributed by atoms with van der Waals surface area (Å²) in [7, 11) is 0. The van der Waals surface area contributed by atoms with Crippen molar-refractivity contribution in [3.05, 3.63) is 76.4 Å². The number of carbonyl (C=O) groups excluding carboxylic acids is 1. The van der Waals surface area contributed by atoms with Gasteiger partial charge in [-0.05, 0) is 44.7 Å². The lowest BCUT2D eigenvalue weighted by Gasteiger charge is -2.20. The van der Waals surface area contributed by atoms with Crippen molar-refractivity contribution in [3.8, 4) is 5.95 Å². The van der Waals surface area contributed by atoms with Crippen molar-refractivity contribution >= 4 is 11.9 Å². The number of hydrogen-bond donors (Lipinski definition) is 0. The first-order valence-corrected chi connectivity index (χ1v) is 9.19. The Morgan fingerprint density at radius 1 is 1.04 bits per heavy atom. The molecule has 0 amide bonds. The summed E-state index contributed by atoms with van der Waals surface area (Å²) in [5, 5.41) is 4.59. The maximum Gasteiger partial charge on any atom is 0.251 e. The average Bonchev–Trinajstić information content (AvgIpc) is 2.97. The quantitative estimate of drug-likeness (QED) is 0.709. The molecule has 0 saturated carbocycles. The fourth-order valence-corrected chi connectivity index (χ4v) is 3.70. The molecule has 0 saturated heterocycles. The Morgan fingerprint density at radius 3 is 2.44 bits per heavy atom. The number of fused-ring (bicyclic) bond motifs is 1. The van der Waals surface area contributed by atoms with E-state index in [0.717, 1.165) is 40.3 Å². The van der Waals surface area contributed by atoms with Crippen LogP contribution in [0.1, 0.15) is 45.1 Å². The van der Waals surface area contributed by atoms with Gasteiger partial charge in [-0.2, -0.15) is 5.10 Å². The lowest BCUT2D eigenvalue weighted by molar-refractivity contribution is 0.0958. The number of carbonyl (C=O) groups is 1. The van der Waals surface area contributed by atoms with Crippen LogP contribution in [0.25, 0.3) is 12.0 Å². The van der Waals surface area contributed by atoms with Crippen LogP contribution in [-0.2, 0) is 6.42 Å². The van der Waals surface area contributed by atoms with Crippen molar-refractivity contribution in [2.24, 2.45) is 5.92 Å². The Labute approximate surface area is 158 Å². The molecule has 4 rings (SSSR count). The van der Waals surface area contributed by atoms with E-state index >= 15 is 0 Å². The molecule has 0 N–H and O–H groups in total. The summed E-state index contributed by atoms with van der Waals surface area (Å²) in [4.78, 5) is 21.8. The maximum absolute atomic E-state index is 12.8. The number of Topliss-reactive ketones (excluding diaryl/α,β-unsaturated/α-hetero) is 1. The van der Waals surface area contributed by atoms with Crippen molar-refractivity contribution < 1.29 is 4.79 Å². The largest absolute Gasteiger partial charge is 0.294 e. The number of aromatic nitrogens is 4.